The number of hydrogen-bond donors (Lipinski definition) is 0. The molecule has 1 heterocycles. The summed E-state index contributed by atoms with van der Waals surface area (Å²) < 4.78 is 50.5. The van der Waals surface area contributed by atoms with Gasteiger partial charge in [-0.3, -0.25) is 0 Å². The van der Waals surface area contributed by atoms with Crippen molar-refractivity contribution in [2.24, 2.45) is 0 Å². The average Bonchev–Trinajstić information content (AvgIpc) is 2.59. The Morgan fingerprint density at radius 2 is 1.47 bits per heavy atom. The Hall–Kier alpha value is -2.56. The molecule has 1 amide bonds. The molecule has 0 saturated carbocycles. The van der Waals surface area contributed by atoms with Gasteiger partial charge in [0.1, 0.15) is 17.0 Å². The molecule has 0 bridgehead atoms. The number of benzene rings is 1. The molecule has 1 aliphatic heterocycles. The smallest absolute Gasteiger partial charge is 0.456 e. The predicted molar refractivity (Wildman–Crippen MR) is 117 cm³/mol. The average molecular weight is 475 g/mol. The number of rotatable bonds is 4. The summed E-state index contributed by atoms with van der Waals surface area (Å²) in [6.07, 6.45) is -0.427. The zero-order chi connectivity index (χ0) is 24.5. The molecule has 1 aromatic carbocycles. The largest absolute Gasteiger partial charge is 0.488 e. The van der Waals surface area contributed by atoms with Crippen molar-refractivity contribution in [3.63, 3.8) is 0 Å². The van der Waals surface area contributed by atoms with Crippen LogP contribution >= 0.6 is 0 Å². The zero-order valence-corrected chi connectivity index (χ0v) is 20.3. The summed E-state index contributed by atoms with van der Waals surface area (Å²) in [7, 11) is -5.29. The Bertz CT molecular complexity index is 973. The van der Waals surface area contributed by atoms with E-state index in [2.05, 4.69) is 4.18 Å². The summed E-state index contributed by atoms with van der Waals surface area (Å²) in [5.41, 5.74) is -0.336. The van der Waals surface area contributed by atoms with Gasteiger partial charge in [-0.05, 0) is 60.1 Å². The first-order chi connectivity index (χ1) is 14.5. The highest BCUT2D eigenvalue weighted by Crippen LogP contribution is 2.32. The summed E-state index contributed by atoms with van der Waals surface area (Å²) in [5.74, 6) is -1.03. The molecule has 180 valence electrons. The number of hydrogen-bond acceptors (Lipinski definition) is 8. The van der Waals surface area contributed by atoms with Crippen LogP contribution in [-0.4, -0.2) is 62.8 Å². The molecular weight excluding hydrogens is 443 g/mol. The maximum absolute atomic E-state index is 13.2. The number of nitrogens with zero attached hydrogens (tertiary/aromatic N) is 2. The van der Waals surface area contributed by atoms with Crippen LogP contribution in [0.5, 0.6) is 5.75 Å². The van der Waals surface area contributed by atoms with Crippen molar-refractivity contribution in [1.29, 1.82) is 0 Å². The van der Waals surface area contributed by atoms with E-state index in [0.29, 0.717) is 37.4 Å². The molecule has 1 aliphatic rings. The van der Waals surface area contributed by atoms with Gasteiger partial charge in [-0.2, -0.15) is 8.42 Å². The Labute approximate surface area is 188 Å². The van der Waals surface area contributed by atoms with Crippen molar-refractivity contribution in [3.8, 4) is 5.75 Å². The van der Waals surface area contributed by atoms with E-state index in [0.717, 1.165) is 6.07 Å². The molecule has 9 nitrogen and oxygen atoms in total. The Balaban J connectivity index is 2.32. The van der Waals surface area contributed by atoms with Crippen molar-refractivity contribution >= 4 is 28.3 Å². The first kappa shape index (κ1) is 25.7. The van der Waals surface area contributed by atoms with Gasteiger partial charge in [-0.1, -0.05) is 3.89 Å². The van der Waals surface area contributed by atoms with Crippen LogP contribution in [0.1, 0.15) is 57.5 Å². The van der Waals surface area contributed by atoms with E-state index in [1.54, 1.807) is 53.4 Å². The molecule has 1 aromatic rings. The highest BCUT2D eigenvalue weighted by Gasteiger charge is 2.29. The van der Waals surface area contributed by atoms with Gasteiger partial charge in [0.2, 0.25) is 0 Å². The highest BCUT2D eigenvalue weighted by molar-refractivity contribution is 7.81. The van der Waals surface area contributed by atoms with Gasteiger partial charge >= 0.3 is 22.6 Å². The second kappa shape index (κ2) is 9.13. The van der Waals surface area contributed by atoms with Crippen LogP contribution in [0.15, 0.2) is 12.1 Å². The zero-order valence-electron chi connectivity index (χ0n) is 19.5. The Morgan fingerprint density at radius 3 is 1.94 bits per heavy atom. The number of esters is 1. The lowest BCUT2D eigenvalue weighted by Crippen LogP contribution is -2.50. The molecule has 0 unspecified atom stereocenters. The lowest BCUT2D eigenvalue weighted by atomic mass is 10.0. The molecular formula is C21H31FN2O7S. The summed E-state index contributed by atoms with van der Waals surface area (Å²) in [4.78, 5) is 28.4. The van der Waals surface area contributed by atoms with Gasteiger partial charge in [0.05, 0.1) is 5.56 Å². The van der Waals surface area contributed by atoms with Crippen LogP contribution in [0.3, 0.4) is 0 Å². The molecule has 0 atom stereocenters. The van der Waals surface area contributed by atoms with E-state index >= 15 is 0 Å². The van der Waals surface area contributed by atoms with E-state index in [-0.39, 0.29) is 11.3 Å². The number of anilines is 1. The summed E-state index contributed by atoms with van der Waals surface area (Å²) in [5, 5.41) is 0. The lowest BCUT2D eigenvalue weighted by Gasteiger charge is -2.37. The van der Waals surface area contributed by atoms with E-state index in [1.807, 2.05) is 4.90 Å². The standard InChI is InChI=1S/C21H31FN2O7S/c1-14-16(18(25)29-20(2,3)4)12-15(31-32(22,27)28)13-17(14)23-8-10-24(11-9-23)19(26)30-21(5,6)7/h12-13H,8-11H2,1-7H3. The van der Waals surface area contributed by atoms with Gasteiger partial charge in [0.25, 0.3) is 0 Å². The topological polar surface area (TPSA) is 102 Å². The van der Waals surface area contributed by atoms with Crippen molar-refractivity contribution in [1.82, 2.24) is 4.90 Å². The summed E-state index contributed by atoms with van der Waals surface area (Å²) >= 11 is 0. The highest BCUT2D eigenvalue weighted by atomic mass is 32.3. The van der Waals surface area contributed by atoms with Gasteiger partial charge in [-0.15, -0.1) is 0 Å². The van der Waals surface area contributed by atoms with Crippen LogP contribution in [0, 0.1) is 6.92 Å². The molecule has 0 N–H and O–H groups in total. The first-order valence-electron chi connectivity index (χ1n) is 10.2. The molecule has 0 radical (unpaired) electrons. The first-order valence-corrected chi connectivity index (χ1v) is 11.5. The third-order valence-electron chi connectivity index (χ3n) is 4.44. The Kier molecular flexibility index (Phi) is 7.33. The second-order valence-corrected chi connectivity index (χ2v) is 10.5. The predicted octanol–water partition coefficient (Wildman–Crippen LogP) is 3.60. The number of amides is 1. The van der Waals surface area contributed by atoms with E-state index < -0.39 is 33.8 Å². The van der Waals surface area contributed by atoms with E-state index in [4.69, 9.17) is 9.47 Å². The van der Waals surface area contributed by atoms with Crippen molar-refractivity contribution in [2.45, 2.75) is 59.7 Å². The molecule has 11 heteroatoms. The lowest BCUT2D eigenvalue weighted by molar-refractivity contribution is 0.00679. The SMILES string of the molecule is Cc1c(C(=O)OC(C)(C)C)cc(OS(=O)(=O)F)cc1N1CCN(C(=O)OC(C)(C)C)CC1. The normalized spacial score (nSPS) is 15.4. The fraction of sp³-hybridized carbons (Fsp3) is 0.619. The van der Waals surface area contributed by atoms with Gasteiger partial charge in [0, 0.05) is 37.9 Å². The van der Waals surface area contributed by atoms with Crippen molar-refractivity contribution in [2.75, 3.05) is 31.1 Å². The number of ether oxygens (including phenoxy) is 2. The maximum Gasteiger partial charge on any atom is 0.488 e. The third-order valence-corrected chi connectivity index (χ3v) is 4.83. The molecule has 32 heavy (non-hydrogen) atoms. The summed E-state index contributed by atoms with van der Waals surface area (Å²) in [6, 6.07) is 2.49. The van der Waals surface area contributed by atoms with Crippen LogP contribution in [-0.2, 0) is 20.0 Å². The molecule has 1 fully saturated rings. The fourth-order valence-electron chi connectivity index (χ4n) is 3.17. The minimum atomic E-state index is -5.29. The van der Waals surface area contributed by atoms with Gasteiger partial charge < -0.3 is 23.5 Å². The molecule has 0 spiro atoms. The van der Waals surface area contributed by atoms with E-state index in [1.165, 1.54) is 6.07 Å². The fourth-order valence-corrected chi connectivity index (χ4v) is 3.49. The van der Waals surface area contributed by atoms with Crippen LogP contribution in [0.4, 0.5) is 14.4 Å². The number of halogens is 1. The molecule has 0 aromatic heterocycles. The van der Waals surface area contributed by atoms with Gasteiger partial charge in [0.15, 0.2) is 0 Å². The number of carbonyl (C=O) groups excluding carboxylic acids is 2. The van der Waals surface area contributed by atoms with Gasteiger partial charge in [-0.25, -0.2) is 9.59 Å². The van der Waals surface area contributed by atoms with Crippen LogP contribution in [0.25, 0.3) is 0 Å². The quantitative estimate of drug-likeness (QED) is 0.482. The molecule has 2 rings (SSSR count). The van der Waals surface area contributed by atoms with E-state index in [9.17, 15) is 21.9 Å². The third kappa shape index (κ3) is 7.54. The van der Waals surface area contributed by atoms with Crippen LogP contribution < -0.4 is 9.08 Å². The Morgan fingerprint density at radius 1 is 0.938 bits per heavy atom. The molecule has 0 aliphatic carbocycles. The summed E-state index contributed by atoms with van der Waals surface area (Å²) in [6.45, 7) is 13.6. The molecule has 1 saturated heterocycles. The second-order valence-electron chi connectivity index (χ2n) is 9.55. The van der Waals surface area contributed by atoms with Crippen molar-refractivity contribution in [3.05, 3.63) is 23.3 Å². The maximum atomic E-state index is 13.2. The minimum Gasteiger partial charge on any atom is -0.456 e. The number of piperazine rings is 1. The monoisotopic (exact) mass is 474 g/mol. The minimum absolute atomic E-state index is 0.0608. The number of carbonyl (C=O) groups is 2. The van der Waals surface area contributed by atoms with Crippen LogP contribution in [0.2, 0.25) is 0 Å². The van der Waals surface area contributed by atoms with Crippen molar-refractivity contribution < 1.29 is 35.5 Å².